The molecule has 64 valence electrons. The Morgan fingerprint density at radius 3 is 1.82 bits per heavy atom. The molecule has 0 aromatic heterocycles. The van der Waals surface area contributed by atoms with Gasteiger partial charge in [0, 0.05) is 0 Å². The highest BCUT2D eigenvalue weighted by Gasteiger charge is 2.81. The third-order valence-corrected chi connectivity index (χ3v) is 3.59. The van der Waals surface area contributed by atoms with Gasteiger partial charge in [0.2, 0.25) is 0 Å². The first-order valence-electron chi connectivity index (χ1n) is 3.97. The second kappa shape index (κ2) is 1.59. The van der Waals surface area contributed by atoms with E-state index in [1.165, 1.54) is 0 Å². The number of rotatable bonds is 0. The lowest BCUT2D eigenvalue weighted by Crippen LogP contribution is -2.13. The molecule has 1 unspecified atom stereocenters. The van der Waals surface area contributed by atoms with Gasteiger partial charge in [0.25, 0.3) is 0 Å². The average molecular weight is 164 g/mol. The van der Waals surface area contributed by atoms with Crippen molar-refractivity contribution in [2.45, 2.75) is 26.4 Å². The van der Waals surface area contributed by atoms with E-state index >= 15 is 0 Å². The van der Waals surface area contributed by atoms with Crippen molar-refractivity contribution < 1.29 is 13.2 Å². The Labute approximate surface area is 63.8 Å². The van der Waals surface area contributed by atoms with Crippen LogP contribution in [-0.4, -0.2) is 6.18 Å². The van der Waals surface area contributed by atoms with Crippen molar-refractivity contribution in [3.8, 4) is 0 Å². The minimum atomic E-state index is -3.94. The van der Waals surface area contributed by atoms with Crippen LogP contribution in [0, 0.1) is 23.2 Å². The van der Waals surface area contributed by atoms with Crippen LogP contribution < -0.4 is 0 Å². The summed E-state index contributed by atoms with van der Waals surface area (Å²) >= 11 is 0. The highest BCUT2D eigenvalue weighted by atomic mass is 19.4. The molecule has 2 aliphatic rings. The maximum atomic E-state index is 12.2. The Bertz CT molecular complexity index is 196. The van der Waals surface area contributed by atoms with Crippen molar-refractivity contribution in [1.82, 2.24) is 0 Å². The summed E-state index contributed by atoms with van der Waals surface area (Å²) in [6, 6.07) is 0. The fraction of sp³-hybridized carbons (Fsp3) is 1.00. The molecule has 4 atom stereocenters. The molecule has 11 heavy (non-hydrogen) atoms. The van der Waals surface area contributed by atoms with Gasteiger partial charge in [-0.25, -0.2) is 0 Å². The number of alkyl halides is 3. The van der Waals surface area contributed by atoms with Gasteiger partial charge in [0.05, 0.1) is 5.92 Å². The standard InChI is InChI=1S/C8H11F3/c1-4-3-7(4)5(2)6(7)8(9,10)11/h4-6H,3H2,1-2H3/t4-,5+,6?,7-/m1/s1. The monoisotopic (exact) mass is 164 g/mol. The molecule has 0 aromatic rings. The number of hydrogen-bond acceptors (Lipinski definition) is 0. The van der Waals surface area contributed by atoms with Crippen LogP contribution in [0.15, 0.2) is 0 Å². The third kappa shape index (κ3) is 0.717. The van der Waals surface area contributed by atoms with E-state index in [9.17, 15) is 13.2 Å². The van der Waals surface area contributed by atoms with Gasteiger partial charge in [-0.05, 0) is 23.7 Å². The van der Waals surface area contributed by atoms with Crippen molar-refractivity contribution in [2.24, 2.45) is 23.2 Å². The Morgan fingerprint density at radius 1 is 1.27 bits per heavy atom. The predicted octanol–water partition coefficient (Wildman–Crippen LogP) is 2.84. The minimum Gasteiger partial charge on any atom is -0.171 e. The van der Waals surface area contributed by atoms with E-state index < -0.39 is 12.1 Å². The summed E-state index contributed by atoms with van der Waals surface area (Å²) in [4.78, 5) is 0. The minimum absolute atomic E-state index is 0.113. The van der Waals surface area contributed by atoms with E-state index in [1.54, 1.807) is 6.92 Å². The Morgan fingerprint density at radius 2 is 1.73 bits per heavy atom. The van der Waals surface area contributed by atoms with Crippen molar-refractivity contribution >= 4 is 0 Å². The summed E-state index contributed by atoms with van der Waals surface area (Å²) in [5.41, 5.74) is -0.307. The van der Waals surface area contributed by atoms with Crippen molar-refractivity contribution in [2.75, 3.05) is 0 Å². The van der Waals surface area contributed by atoms with Gasteiger partial charge >= 0.3 is 6.18 Å². The van der Waals surface area contributed by atoms with Gasteiger partial charge in [-0.15, -0.1) is 0 Å². The molecule has 2 aliphatic carbocycles. The van der Waals surface area contributed by atoms with Crippen LogP contribution in [0.2, 0.25) is 0 Å². The van der Waals surface area contributed by atoms with Crippen LogP contribution in [0.1, 0.15) is 20.3 Å². The first-order chi connectivity index (χ1) is 4.90. The second-order valence-electron chi connectivity index (χ2n) is 4.03. The smallest absolute Gasteiger partial charge is 0.171 e. The summed E-state index contributed by atoms with van der Waals surface area (Å²) in [5.74, 6) is -0.786. The van der Waals surface area contributed by atoms with Crippen molar-refractivity contribution in [3.05, 3.63) is 0 Å². The van der Waals surface area contributed by atoms with E-state index in [2.05, 4.69) is 0 Å². The normalized spacial score (nSPS) is 54.8. The average Bonchev–Trinajstić information content (AvgIpc) is 2.52. The Hall–Kier alpha value is -0.210. The summed E-state index contributed by atoms with van der Waals surface area (Å²) in [6.07, 6.45) is -3.15. The molecule has 2 saturated carbocycles. The van der Waals surface area contributed by atoms with E-state index in [1.807, 2.05) is 6.92 Å². The molecule has 0 bridgehead atoms. The molecule has 0 radical (unpaired) electrons. The van der Waals surface area contributed by atoms with E-state index in [4.69, 9.17) is 0 Å². The Kier molecular flexibility index (Phi) is 1.08. The highest BCUT2D eigenvalue weighted by Crippen LogP contribution is 2.81. The van der Waals surface area contributed by atoms with Gasteiger partial charge < -0.3 is 0 Å². The van der Waals surface area contributed by atoms with Crippen molar-refractivity contribution in [1.29, 1.82) is 0 Å². The molecule has 2 rings (SSSR count). The molecule has 0 nitrogen and oxygen atoms in total. The van der Waals surface area contributed by atoms with E-state index in [0.717, 1.165) is 6.42 Å². The molecular weight excluding hydrogens is 153 g/mol. The SMILES string of the molecule is C[C@@H]1C[C@@]12C(C(F)(F)F)[C@@H]2C. The zero-order valence-electron chi connectivity index (χ0n) is 6.57. The highest BCUT2D eigenvalue weighted by molar-refractivity contribution is 5.23. The van der Waals surface area contributed by atoms with Gasteiger partial charge in [-0.3, -0.25) is 0 Å². The number of hydrogen-bond donors (Lipinski definition) is 0. The van der Waals surface area contributed by atoms with Gasteiger partial charge in [-0.1, -0.05) is 13.8 Å². The van der Waals surface area contributed by atoms with Gasteiger partial charge in [0.1, 0.15) is 0 Å². The molecule has 0 aromatic carbocycles. The first-order valence-corrected chi connectivity index (χ1v) is 3.97. The summed E-state index contributed by atoms with van der Waals surface area (Å²) in [5, 5.41) is 0. The lowest BCUT2D eigenvalue weighted by molar-refractivity contribution is -0.155. The van der Waals surface area contributed by atoms with Crippen LogP contribution in [0.3, 0.4) is 0 Å². The zero-order valence-corrected chi connectivity index (χ0v) is 6.57. The van der Waals surface area contributed by atoms with E-state index in [0.29, 0.717) is 5.92 Å². The lowest BCUT2D eigenvalue weighted by Gasteiger charge is -2.03. The summed E-state index contributed by atoms with van der Waals surface area (Å²) < 4.78 is 36.6. The fourth-order valence-electron chi connectivity index (χ4n) is 2.78. The van der Waals surface area contributed by atoms with Crippen LogP contribution in [-0.2, 0) is 0 Å². The van der Waals surface area contributed by atoms with E-state index in [-0.39, 0.29) is 11.3 Å². The first kappa shape index (κ1) is 7.44. The maximum Gasteiger partial charge on any atom is 0.392 e. The van der Waals surface area contributed by atoms with Crippen molar-refractivity contribution in [3.63, 3.8) is 0 Å². The number of halogens is 3. The second-order valence-corrected chi connectivity index (χ2v) is 4.03. The molecule has 2 fully saturated rings. The molecule has 0 aliphatic heterocycles. The molecular formula is C8H11F3. The topological polar surface area (TPSA) is 0 Å². The molecule has 0 heterocycles. The molecule has 1 spiro atoms. The fourth-order valence-corrected chi connectivity index (χ4v) is 2.78. The zero-order chi connectivity index (χ0) is 8.44. The summed E-state index contributed by atoms with van der Waals surface area (Å²) in [7, 11) is 0. The van der Waals surface area contributed by atoms with Gasteiger partial charge in [0.15, 0.2) is 0 Å². The molecule has 0 N–H and O–H groups in total. The van der Waals surface area contributed by atoms with Crippen LogP contribution in [0.25, 0.3) is 0 Å². The van der Waals surface area contributed by atoms with Crippen LogP contribution >= 0.6 is 0 Å². The van der Waals surface area contributed by atoms with Crippen LogP contribution in [0.4, 0.5) is 13.2 Å². The third-order valence-electron chi connectivity index (χ3n) is 3.59. The van der Waals surface area contributed by atoms with Gasteiger partial charge in [-0.2, -0.15) is 13.2 Å². The Balaban J connectivity index is 2.12. The quantitative estimate of drug-likeness (QED) is 0.516. The molecule has 0 amide bonds. The van der Waals surface area contributed by atoms with Crippen LogP contribution in [0.5, 0.6) is 0 Å². The largest absolute Gasteiger partial charge is 0.392 e. The summed E-state index contributed by atoms with van der Waals surface area (Å²) in [6.45, 7) is 3.64. The maximum absolute atomic E-state index is 12.2. The lowest BCUT2D eigenvalue weighted by atomic mass is 10.2. The predicted molar refractivity (Wildman–Crippen MR) is 34.9 cm³/mol. The molecule has 3 heteroatoms. The molecule has 0 saturated heterocycles.